The molecule has 0 amide bonds. The van der Waals surface area contributed by atoms with E-state index in [0.29, 0.717) is 19.0 Å². The van der Waals surface area contributed by atoms with Gasteiger partial charge in [0, 0.05) is 11.0 Å². The molecule has 0 aromatic heterocycles. The molecule has 2 aliphatic rings. The first kappa shape index (κ1) is 11.6. The minimum atomic E-state index is -0.177. The molecule has 1 aliphatic heterocycles. The molecule has 0 spiro atoms. The fraction of sp³-hybridized carbons (Fsp3) is 0.533. The summed E-state index contributed by atoms with van der Waals surface area (Å²) in [5.74, 6) is 1.69. The van der Waals surface area contributed by atoms with Gasteiger partial charge in [0.1, 0.15) is 13.2 Å². The maximum atomic E-state index is 12.6. The Morgan fingerprint density at radius 1 is 1.11 bits per heavy atom. The Balaban J connectivity index is 1.90. The van der Waals surface area contributed by atoms with Crippen LogP contribution in [0.3, 0.4) is 0 Å². The smallest absolute Gasteiger partial charge is 0.168 e. The van der Waals surface area contributed by atoms with Crippen LogP contribution in [-0.2, 0) is 0 Å². The molecule has 1 aromatic rings. The number of ketones is 1. The summed E-state index contributed by atoms with van der Waals surface area (Å²) < 4.78 is 11.0. The number of carbonyl (C=O) groups excluding carboxylic acids is 1. The lowest BCUT2D eigenvalue weighted by molar-refractivity contribution is 0.0822. The van der Waals surface area contributed by atoms with E-state index in [9.17, 15) is 4.79 Å². The van der Waals surface area contributed by atoms with Crippen LogP contribution < -0.4 is 9.47 Å². The minimum Gasteiger partial charge on any atom is -0.486 e. The number of fused-ring (bicyclic) bond motifs is 1. The highest BCUT2D eigenvalue weighted by Crippen LogP contribution is 2.41. The Hall–Kier alpha value is -1.51. The Bertz CT molecular complexity index is 473. The third kappa shape index (κ3) is 1.88. The van der Waals surface area contributed by atoms with Crippen molar-refractivity contribution in [2.45, 2.75) is 32.6 Å². The molecule has 0 saturated heterocycles. The molecule has 0 radical (unpaired) electrons. The predicted octanol–water partition coefficient (Wildman–Crippen LogP) is 3.22. The van der Waals surface area contributed by atoms with Crippen molar-refractivity contribution in [3.05, 3.63) is 23.8 Å². The van der Waals surface area contributed by atoms with Crippen LogP contribution in [0, 0.1) is 5.41 Å². The van der Waals surface area contributed by atoms with Gasteiger partial charge in [-0.05, 0) is 31.0 Å². The molecule has 0 N–H and O–H groups in total. The Morgan fingerprint density at radius 3 is 2.50 bits per heavy atom. The predicted molar refractivity (Wildman–Crippen MR) is 68.3 cm³/mol. The lowest BCUT2D eigenvalue weighted by atomic mass is 9.81. The minimum absolute atomic E-state index is 0.177. The second-order valence-corrected chi connectivity index (χ2v) is 5.46. The first-order chi connectivity index (χ1) is 8.69. The van der Waals surface area contributed by atoms with Crippen LogP contribution in [0.1, 0.15) is 43.0 Å². The van der Waals surface area contributed by atoms with E-state index < -0.39 is 0 Å². The van der Waals surface area contributed by atoms with Crippen LogP contribution >= 0.6 is 0 Å². The SMILES string of the molecule is CC1(C(=O)c2ccc3c(c2)OCCO3)CCCC1. The number of rotatable bonds is 2. The normalized spacial score (nSPS) is 20.7. The fourth-order valence-corrected chi connectivity index (χ4v) is 2.92. The van der Waals surface area contributed by atoms with Crippen molar-refractivity contribution in [1.82, 2.24) is 0 Å². The van der Waals surface area contributed by atoms with E-state index in [1.807, 2.05) is 18.2 Å². The molecule has 1 fully saturated rings. The van der Waals surface area contributed by atoms with Crippen molar-refractivity contribution in [3.63, 3.8) is 0 Å². The zero-order valence-corrected chi connectivity index (χ0v) is 10.7. The second-order valence-electron chi connectivity index (χ2n) is 5.46. The number of benzene rings is 1. The Labute approximate surface area is 107 Å². The van der Waals surface area contributed by atoms with Crippen LogP contribution in [0.2, 0.25) is 0 Å². The number of hydrogen-bond donors (Lipinski definition) is 0. The van der Waals surface area contributed by atoms with Crippen molar-refractivity contribution < 1.29 is 14.3 Å². The highest BCUT2D eigenvalue weighted by molar-refractivity contribution is 6.01. The zero-order chi connectivity index (χ0) is 12.6. The quantitative estimate of drug-likeness (QED) is 0.752. The van der Waals surface area contributed by atoms with E-state index in [-0.39, 0.29) is 11.2 Å². The molecule has 1 aromatic carbocycles. The van der Waals surface area contributed by atoms with Crippen molar-refractivity contribution in [2.75, 3.05) is 13.2 Å². The molecule has 18 heavy (non-hydrogen) atoms. The molecule has 3 rings (SSSR count). The summed E-state index contributed by atoms with van der Waals surface area (Å²) in [6.45, 7) is 3.22. The van der Waals surface area contributed by atoms with E-state index >= 15 is 0 Å². The number of ether oxygens (including phenoxy) is 2. The average molecular weight is 246 g/mol. The molecule has 3 nitrogen and oxygen atoms in total. The van der Waals surface area contributed by atoms with Gasteiger partial charge in [0.15, 0.2) is 17.3 Å². The van der Waals surface area contributed by atoms with Crippen LogP contribution in [0.4, 0.5) is 0 Å². The lowest BCUT2D eigenvalue weighted by Crippen LogP contribution is -2.24. The van der Waals surface area contributed by atoms with Crippen molar-refractivity contribution in [1.29, 1.82) is 0 Å². The largest absolute Gasteiger partial charge is 0.486 e. The standard InChI is InChI=1S/C15H18O3/c1-15(6-2-3-7-15)14(16)11-4-5-12-13(10-11)18-9-8-17-12/h4-5,10H,2-3,6-9H2,1H3. The summed E-state index contributed by atoms with van der Waals surface area (Å²) in [4.78, 5) is 12.6. The topological polar surface area (TPSA) is 35.5 Å². The van der Waals surface area contributed by atoms with Crippen LogP contribution in [0.5, 0.6) is 11.5 Å². The van der Waals surface area contributed by atoms with E-state index in [0.717, 1.165) is 37.0 Å². The van der Waals surface area contributed by atoms with E-state index in [4.69, 9.17) is 9.47 Å². The summed E-state index contributed by atoms with van der Waals surface area (Å²) in [5.41, 5.74) is 0.577. The van der Waals surface area contributed by atoms with E-state index in [1.54, 1.807) is 0 Å². The monoisotopic (exact) mass is 246 g/mol. The summed E-state index contributed by atoms with van der Waals surface area (Å²) in [5, 5.41) is 0. The molecular formula is C15H18O3. The number of carbonyl (C=O) groups is 1. The lowest BCUT2D eigenvalue weighted by Gasteiger charge is -2.23. The van der Waals surface area contributed by atoms with Crippen molar-refractivity contribution >= 4 is 5.78 Å². The van der Waals surface area contributed by atoms with Gasteiger partial charge < -0.3 is 9.47 Å². The van der Waals surface area contributed by atoms with Crippen LogP contribution in [0.15, 0.2) is 18.2 Å². The van der Waals surface area contributed by atoms with Gasteiger partial charge in [-0.2, -0.15) is 0 Å². The molecular weight excluding hydrogens is 228 g/mol. The summed E-state index contributed by atoms with van der Waals surface area (Å²) in [7, 11) is 0. The third-order valence-corrected chi connectivity index (χ3v) is 4.06. The summed E-state index contributed by atoms with van der Waals surface area (Å²) in [6, 6.07) is 5.54. The van der Waals surface area contributed by atoms with Crippen LogP contribution in [-0.4, -0.2) is 19.0 Å². The van der Waals surface area contributed by atoms with Gasteiger partial charge in [0.25, 0.3) is 0 Å². The van der Waals surface area contributed by atoms with E-state index in [1.165, 1.54) is 0 Å². The fourth-order valence-electron chi connectivity index (χ4n) is 2.92. The molecule has 0 bridgehead atoms. The molecule has 0 unspecified atom stereocenters. The van der Waals surface area contributed by atoms with Gasteiger partial charge in [-0.1, -0.05) is 19.8 Å². The first-order valence-corrected chi connectivity index (χ1v) is 6.63. The van der Waals surface area contributed by atoms with Crippen molar-refractivity contribution in [3.8, 4) is 11.5 Å². The molecule has 1 saturated carbocycles. The summed E-state index contributed by atoms with van der Waals surface area (Å²) >= 11 is 0. The Kier molecular flexibility index (Phi) is 2.77. The molecule has 1 aliphatic carbocycles. The van der Waals surface area contributed by atoms with Gasteiger partial charge in [0.2, 0.25) is 0 Å². The first-order valence-electron chi connectivity index (χ1n) is 6.63. The maximum Gasteiger partial charge on any atom is 0.168 e. The number of hydrogen-bond acceptors (Lipinski definition) is 3. The molecule has 0 atom stereocenters. The Morgan fingerprint density at radius 2 is 1.78 bits per heavy atom. The number of Topliss-reactive ketones (excluding diaryl/α,β-unsaturated/α-hetero) is 1. The van der Waals surface area contributed by atoms with Crippen molar-refractivity contribution in [2.24, 2.45) is 5.41 Å². The zero-order valence-electron chi connectivity index (χ0n) is 10.7. The van der Waals surface area contributed by atoms with Crippen LogP contribution in [0.25, 0.3) is 0 Å². The van der Waals surface area contributed by atoms with Gasteiger partial charge in [0.05, 0.1) is 0 Å². The van der Waals surface area contributed by atoms with E-state index in [2.05, 4.69) is 6.92 Å². The van der Waals surface area contributed by atoms with Gasteiger partial charge >= 0.3 is 0 Å². The molecule has 96 valence electrons. The second kappa shape index (κ2) is 4.30. The molecule has 3 heteroatoms. The molecule has 1 heterocycles. The third-order valence-electron chi connectivity index (χ3n) is 4.06. The average Bonchev–Trinajstić information content (AvgIpc) is 2.85. The van der Waals surface area contributed by atoms with Gasteiger partial charge in [-0.15, -0.1) is 0 Å². The highest BCUT2D eigenvalue weighted by atomic mass is 16.6. The maximum absolute atomic E-state index is 12.6. The highest BCUT2D eigenvalue weighted by Gasteiger charge is 2.36. The van der Waals surface area contributed by atoms with Gasteiger partial charge in [-0.25, -0.2) is 0 Å². The van der Waals surface area contributed by atoms with Gasteiger partial charge in [-0.3, -0.25) is 4.79 Å². The summed E-state index contributed by atoms with van der Waals surface area (Å²) in [6.07, 6.45) is 4.32.